The zero-order chi connectivity index (χ0) is 11.9. The van der Waals surface area contributed by atoms with Crippen molar-refractivity contribution < 1.29 is 0 Å². The molecule has 4 rings (SSSR count). The highest BCUT2D eigenvalue weighted by Crippen LogP contribution is 2.37. The fourth-order valence-electron chi connectivity index (χ4n) is 3.16. The number of benzene rings is 1. The number of aromatic nitrogens is 3. The fourth-order valence-corrected chi connectivity index (χ4v) is 3.16. The van der Waals surface area contributed by atoms with Crippen LogP contribution in [0.2, 0.25) is 0 Å². The van der Waals surface area contributed by atoms with Gasteiger partial charge in [-0.2, -0.15) is 15.0 Å². The summed E-state index contributed by atoms with van der Waals surface area (Å²) in [6.45, 7) is 1.13. The zero-order valence-electron chi connectivity index (χ0n) is 10.5. The second-order valence-corrected chi connectivity index (χ2v) is 5.48. The molecule has 0 N–H and O–H groups in total. The van der Waals surface area contributed by atoms with Gasteiger partial charge in [0.1, 0.15) is 17.2 Å². The first-order valence-electron chi connectivity index (χ1n) is 6.99. The van der Waals surface area contributed by atoms with Gasteiger partial charge < -0.3 is 0 Å². The summed E-state index contributed by atoms with van der Waals surface area (Å²) in [5.41, 5.74) is 2.01. The molecule has 1 aliphatic heterocycles. The van der Waals surface area contributed by atoms with Gasteiger partial charge >= 0.3 is 0 Å². The van der Waals surface area contributed by atoms with Crippen molar-refractivity contribution in [3.05, 3.63) is 24.3 Å². The van der Waals surface area contributed by atoms with E-state index in [-0.39, 0.29) is 0 Å². The third-order valence-electron chi connectivity index (χ3n) is 4.24. The molecule has 0 radical (unpaired) electrons. The lowest BCUT2D eigenvalue weighted by atomic mass is 9.95. The molecule has 0 amide bonds. The molecule has 1 aromatic heterocycles. The van der Waals surface area contributed by atoms with E-state index in [1.807, 2.05) is 29.1 Å². The van der Waals surface area contributed by atoms with Gasteiger partial charge in [0.2, 0.25) is 0 Å². The van der Waals surface area contributed by atoms with Gasteiger partial charge in [0.25, 0.3) is 0 Å². The van der Waals surface area contributed by atoms with Crippen LogP contribution < -0.4 is 0 Å². The Balaban J connectivity index is 1.54. The minimum Gasteiger partial charge on any atom is -0.273 e. The molecule has 2 atom stereocenters. The number of rotatable bonds is 2. The number of fused-ring (bicyclic) bond motifs is 1. The third kappa shape index (κ3) is 1.72. The average Bonchev–Trinajstić information content (AvgIpc) is 3.12. The lowest BCUT2D eigenvalue weighted by Gasteiger charge is -2.23. The fraction of sp³-hybridized carbons (Fsp3) is 0.571. The highest BCUT2D eigenvalue weighted by atomic mass is 15.6. The molecule has 0 spiro atoms. The molecule has 0 bridgehead atoms. The van der Waals surface area contributed by atoms with Crippen LogP contribution in [0.5, 0.6) is 0 Å². The predicted molar refractivity (Wildman–Crippen MR) is 70.1 cm³/mol. The van der Waals surface area contributed by atoms with Crippen molar-refractivity contribution in [3.8, 4) is 0 Å². The molecule has 1 aromatic carbocycles. The normalized spacial score (nSPS) is 28.7. The minimum atomic E-state index is 0.417. The van der Waals surface area contributed by atoms with Gasteiger partial charge in [-0.3, -0.25) is 4.90 Å². The van der Waals surface area contributed by atoms with E-state index in [1.54, 1.807) is 0 Å². The molecule has 1 saturated carbocycles. The van der Waals surface area contributed by atoms with Crippen LogP contribution in [0.15, 0.2) is 24.3 Å². The van der Waals surface area contributed by atoms with Crippen LogP contribution in [0, 0.1) is 0 Å². The summed E-state index contributed by atoms with van der Waals surface area (Å²) in [4.78, 5) is 4.47. The summed E-state index contributed by atoms with van der Waals surface area (Å²) in [6, 6.07) is 8.89. The van der Waals surface area contributed by atoms with E-state index < -0.39 is 0 Å². The monoisotopic (exact) mass is 242 g/mol. The first kappa shape index (κ1) is 10.5. The van der Waals surface area contributed by atoms with Crippen molar-refractivity contribution in [1.82, 2.24) is 19.9 Å². The second kappa shape index (κ2) is 4.05. The largest absolute Gasteiger partial charge is 0.273 e. The van der Waals surface area contributed by atoms with Crippen LogP contribution in [0.25, 0.3) is 11.0 Å². The molecule has 94 valence electrons. The van der Waals surface area contributed by atoms with Gasteiger partial charge in [-0.25, -0.2) is 0 Å². The van der Waals surface area contributed by atoms with Crippen LogP contribution in [-0.2, 0) is 0 Å². The third-order valence-corrected chi connectivity index (χ3v) is 4.24. The molecule has 2 unspecified atom stereocenters. The van der Waals surface area contributed by atoms with E-state index in [0.29, 0.717) is 6.17 Å². The Bertz CT molecular complexity index is 523. The van der Waals surface area contributed by atoms with Crippen molar-refractivity contribution in [1.29, 1.82) is 0 Å². The van der Waals surface area contributed by atoms with Gasteiger partial charge in [-0.05, 0) is 25.0 Å². The Labute approximate surface area is 107 Å². The maximum absolute atomic E-state index is 4.58. The number of hydrogen-bond donors (Lipinski definition) is 0. The van der Waals surface area contributed by atoms with E-state index in [9.17, 15) is 0 Å². The van der Waals surface area contributed by atoms with Crippen LogP contribution in [0.4, 0.5) is 0 Å². The van der Waals surface area contributed by atoms with Crippen LogP contribution in [0.1, 0.15) is 38.3 Å². The summed E-state index contributed by atoms with van der Waals surface area (Å²) in [5.74, 6) is 0. The average molecular weight is 242 g/mol. The predicted octanol–water partition coefficient (Wildman–Crippen LogP) is 2.58. The molecule has 2 fully saturated rings. The number of nitrogens with zero attached hydrogens (tertiary/aromatic N) is 4. The van der Waals surface area contributed by atoms with Crippen LogP contribution in [-0.4, -0.2) is 32.5 Å². The van der Waals surface area contributed by atoms with E-state index in [2.05, 4.69) is 15.1 Å². The Morgan fingerprint density at radius 3 is 2.28 bits per heavy atom. The van der Waals surface area contributed by atoms with Gasteiger partial charge in [0, 0.05) is 12.6 Å². The van der Waals surface area contributed by atoms with E-state index in [4.69, 9.17) is 0 Å². The second-order valence-electron chi connectivity index (χ2n) is 5.48. The maximum Gasteiger partial charge on any atom is 0.137 e. The molecule has 2 heterocycles. The summed E-state index contributed by atoms with van der Waals surface area (Å²) < 4.78 is 0. The van der Waals surface area contributed by atoms with E-state index in [0.717, 1.165) is 23.6 Å². The summed E-state index contributed by atoms with van der Waals surface area (Å²) in [5, 5.41) is 9.17. The molecule has 4 heteroatoms. The van der Waals surface area contributed by atoms with Gasteiger partial charge in [-0.1, -0.05) is 31.4 Å². The zero-order valence-corrected chi connectivity index (χ0v) is 10.5. The molecule has 4 nitrogen and oxygen atoms in total. The smallest absolute Gasteiger partial charge is 0.137 e. The Morgan fingerprint density at radius 2 is 1.61 bits per heavy atom. The highest BCUT2D eigenvalue weighted by molar-refractivity contribution is 5.73. The van der Waals surface area contributed by atoms with Crippen molar-refractivity contribution in [2.24, 2.45) is 0 Å². The molecule has 1 aliphatic carbocycles. The van der Waals surface area contributed by atoms with Crippen LogP contribution in [0.3, 0.4) is 0 Å². The van der Waals surface area contributed by atoms with Gasteiger partial charge in [-0.15, -0.1) is 0 Å². The Kier molecular flexibility index (Phi) is 2.36. The molecular weight excluding hydrogens is 224 g/mol. The lowest BCUT2D eigenvalue weighted by molar-refractivity contribution is 0.253. The summed E-state index contributed by atoms with van der Waals surface area (Å²) in [7, 11) is 0. The Morgan fingerprint density at radius 1 is 0.944 bits per heavy atom. The van der Waals surface area contributed by atoms with Crippen molar-refractivity contribution in [2.45, 2.75) is 44.3 Å². The number of hydrogen-bond acceptors (Lipinski definition) is 3. The van der Waals surface area contributed by atoms with Crippen molar-refractivity contribution in [2.75, 3.05) is 6.54 Å². The Hall–Kier alpha value is -1.42. The first-order chi connectivity index (χ1) is 8.92. The standard InChI is InChI=1S/C14H18N4/c1-2-6-11(7-3-1)17-10-14(17)18-15-12-8-4-5-9-13(12)16-18/h4-5,8-9,11,14H,1-3,6-7,10H2. The topological polar surface area (TPSA) is 33.7 Å². The molecule has 1 saturated heterocycles. The van der Waals surface area contributed by atoms with Crippen molar-refractivity contribution in [3.63, 3.8) is 0 Å². The summed E-state index contributed by atoms with van der Waals surface area (Å²) in [6.07, 6.45) is 7.33. The van der Waals surface area contributed by atoms with E-state index >= 15 is 0 Å². The van der Waals surface area contributed by atoms with E-state index in [1.165, 1.54) is 32.1 Å². The molecule has 18 heavy (non-hydrogen) atoms. The van der Waals surface area contributed by atoms with Gasteiger partial charge in [0.05, 0.1) is 0 Å². The van der Waals surface area contributed by atoms with Crippen LogP contribution >= 0.6 is 0 Å². The summed E-state index contributed by atoms with van der Waals surface area (Å²) >= 11 is 0. The lowest BCUT2D eigenvalue weighted by Crippen LogP contribution is -2.23. The molecular formula is C14H18N4. The van der Waals surface area contributed by atoms with Gasteiger partial charge in [0.15, 0.2) is 0 Å². The quantitative estimate of drug-likeness (QED) is 0.759. The molecule has 2 aliphatic rings. The van der Waals surface area contributed by atoms with Crippen molar-refractivity contribution >= 4 is 11.0 Å². The maximum atomic E-state index is 4.58. The first-order valence-corrected chi connectivity index (χ1v) is 6.99. The molecule has 2 aromatic rings. The highest BCUT2D eigenvalue weighted by Gasteiger charge is 2.42. The minimum absolute atomic E-state index is 0.417. The SMILES string of the molecule is c1ccc2nn(C3CN3C3CCCCC3)nc2c1.